The van der Waals surface area contributed by atoms with E-state index in [-0.39, 0.29) is 23.9 Å². The molecule has 1 unspecified atom stereocenters. The van der Waals surface area contributed by atoms with Gasteiger partial charge in [0, 0.05) is 5.41 Å². The van der Waals surface area contributed by atoms with Gasteiger partial charge in [-0.1, -0.05) is 53.4 Å². The fourth-order valence-corrected chi connectivity index (χ4v) is 1.38. The van der Waals surface area contributed by atoms with E-state index in [2.05, 4.69) is 13.8 Å². The second-order valence-electron chi connectivity index (χ2n) is 5.64. The van der Waals surface area contributed by atoms with Crippen LogP contribution in [0.25, 0.3) is 0 Å². The van der Waals surface area contributed by atoms with Crippen LogP contribution in [0.2, 0.25) is 0 Å². The molecule has 0 heterocycles. The Balaban J connectivity index is 3.57. The Morgan fingerprint density at radius 3 is 2.31 bits per heavy atom. The topological polar surface area (TPSA) is 26.3 Å². The van der Waals surface area contributed by atoms with E-state index in [9.17, 15) is 4.79 Å². The molecule has 0 radical (unpaired) electrons. The maximum atomic E-state index is 11.6. The lowest BCUT2D eigenvalue weighted by molar-refractivity contribution is -0.132. The van der Waals surface area contributed by atoms with E-state index in [1.54, 1.807) is 0 Å². The summed E-state index contributed by atoms with van der Waals surface area (Å²) in [6, 6.07) is 0. The van der Waals surface area contributed by atoms with Crippen molar-refractivity contribution in [2.24, 2.45) is 5.41 Å². The number of hydrogen-bond acceptors (Lipinski definition) is 2. The number of ether oxygens (including phenoxy) is 1. The number of rotatable bonds is 8. The summed E-state index contributed by atoms with van der Waals surface area (Å²) in [5, 5.41) is 0. The van der Waals surface area contributed by atoms with Crippen molar-refractivity contribution in [3.63, 3.8) is 0 Å². The van der Waals surface area contributed by atoms with Crippen molar-refractivity contribution in [1.82, 2.24) is 0 Å². The van der Waals surface area contributed by atoms with Crippen molar-refractivity contribution >= 4 is 5.78 Å². The van der Waals surface area contributed by atoms with Crippen LogP contribution in [0, 0.1) is 5.41 Å². The Morgan fingerprint density at radius 2 is 1.81 bits per heavy atom. The van der Waals surface area contributed by atoms with E-state index in [0.29, 0.717) is 0 Å². The first-order valence-corrected chi connectivity index (χ1v) is 6.52. The van der Waals surface area contributed by atoms with Gasteiger partial charge in [-0.15, -0.1) is 0 Å². The first kappa shape index (κ1) is 15.6. The molecule has 0 saturated heterocycles. The predicted molar refractivity (Wildman–Crippen MR) is 68.6 cm³/mol. The normalized spacial score (nSPS) is 13.8. The number of ketones is 1. The van der Waals surface area contributed by atoms with E-state index in [4.69, 9.17) is 4.74 Å². The molecule has 0 aliphatic heterocycles. The molecule has 0 aromatic rings. The highest BCUT2D eigenvalue weighted by molar-refractivity contribution is 5.84. The van der Waals surface area contributed by atoms with Crippen molar-refractivity contribution in [3.05, 3.63) is 0 Å². The van der Waals surface area contributed by atoms with Gasteiger partial charge < -0.3 is 4.74 Å². The second-order valence-corrected chi connectivity index (χ2v) is 5.64. The molecule has 16 heavy (non-hydrogen) atoms. The molecule has 0 spiro atoms. The summed E-state index contributed by atoms with van der Waals surface area (Å²) < 4.78 is 5.56. The van der Waals surface area contributed by atoms with Crippen LogP contribution in [-0.2, 0) is 9.53 Å². The Morgan fingerprint density at radius 1 is 1.19 bits per heavy atom. The van der Waals surface area contributed by atoms with Crippen molar-refractivity contribution in [2.75, 3.05) is 6.61 Å². The zero-order chi connectivity index (χ0) is 12.6. The molecular weight excluding hydrogens is 200 g/mol. The average molecular weight is 228 g/mol. The average Bonchev–Trinajstić information content (AvgIpc) is 2.19. The highest BCUT2D eigenvalue weighted by Crippen LogP contribution is 2.15. The van der Waals surface area contributed by atoms with Crippen molar-refractivity contribution in [2.45, 2.75) is 72.8 Å². The van der Waals surface area contributed by atoms with Gasteiger partial charge in [-0.05, 0) is 13.3 Å². The number of hydrogen-bond donors (Lipinski definition) is 0. The smallest absolute Gasteiger partial charge is 0.163 e. The first-order chi connectivity index (χ1) is 7.38. The molecule has 0 aromatic heterocycles. The van der Waals surface area contributed by atoms with Gasteiger partial charge in [-0.25, -0.2) is 0 Å². The lowest BCUT2D eigenvalue weighted by Gasteiger charge is -2.19. The molecule has 0 aliphatic rings. The van der Waals surface area contributed by atoms with Crippen molar-refractivity contribution < 1.29 is 9.53 Å². The standard InChI is InChI=1S/C14H28O2/c1-6-7-8-9-10-12(2)16-11-13(15)14(3,4)5/h12H,6-11H2,1-5H3. The molecule has 0 saturated carbocycles. The molecule has 2 nitrogen and oxygen atoms in total. The molecular formula is C14H28O2. The maximum absolute atomic E-state index is 11.6. The second kappa shape index (κ2) is 7.83. The zero-order valence-electron chi connectivity index (χ0n) is 11.6. The summed E-state index contributed by atoms with van der Waals surface area (Å²) in [6.07, 6.45) is 6.32. The summed E-state index contributed by atoms with van der Waals surface area (Å²) in [6.45, 7) is 10.3. The monoisotopic (exact) mass is 228 g/mol. The third kappa shape index (κ3) is 7.86. The molecule has 96 valence electrons. The van der Waals surface area contributed by atoms with Crippen LogP contribution in [0.4, 0.5) is 0 Å². The van der Waals surface area contributed by atoms with Gasteiger partial charge in [0.05, 0.1) is 6.10 Å². The maximum Gasteiger partial charge on any atom is 0.163 e. The number of Topliss-reactive ketones (excluding diaryl/α,β-unsaturated/α-hetero) is 1. The molecule has 0 rings (SSSR count). The first-order valence-electron chi connectivity index (χ1n) is 6.52. The molecule has 0 aromatic carbocycles. The molecule has 0 bridgehead atoms. The van der Waals surface area contributed by atoms with E-state index in [0.717, 1.165) is 6.42 Å². The Bertz CT molecular complexity index is 191. The molecule has 0 aliphatic carbocycles. The van der Waals surface area contributed by atoms with Gasteiger partial charge >= 0.3 is 0 Å². The van der Waals surface area contributed by atoms with E-state index < -0.39 is 0 Å². The van der Waals surface area contributed by atoms with Crippen LogP contribution in [-0.4, -0.2) is 18.5 Å². The highest BCUT2D eigenvalue weighted by atomic mass is 16.5. The fourth-order valence-electron chi connectivity index (χ4n) is 1.38. The molecule has 1 atom stereocenters. The quantitative estimate of drug-likeness (QED) is 0.587. The van der Waals surface area contributed by atoms with Gasteiger partial charge in [-0.3, -0.25) is 4.79 Å². The number of carbonyl (C=O) groups excluding carboxylic acids is 1. The molecule has 0 N–H and O–H groups in total. The minimum atomic E-state index is -0.276. The van der Waals surface area contributed by atoms with Crippen LogP contribution >= 0.6 is 0 Å². The van der Waals surface area contributed by atoms with Crippen LogP contribution in [0.5, 0.6) is 0 Å². The Labute approximate surface area is 101 Å². The summed E-state index contributed by atoms with van der Waals surface area (Å²) in [7, 11) is 0. The fraction of sp³-hybridized carbons (Fsp3) is 0.929. The lowest BCUT2D eigenvalue weighted by Crippen LogP contribution is -2.27. The van der Waals surface area contributed by atoms with Gasteiger partial charge in [0.25, 0.3) is 0 Å². The van der Waals surface area contributed by atoms with Gasteiger partial charge in [0.1, 0.15) is 6.61 Å². The zero-order valence-corrected chi connectivity index (χ0v) is 11.6. The predicted octanol–water partition coefficient (Wildman–Crippen LogP) is 3.98. The third-order valence-electron chi connectivity index (χ3n) is 2.80. The van der Waals surface area contributed by atoms with Crippen LogP contribution in [0.1, 0.15) is 66.7 Å². The highest BCUT2D eigenvalue weighted by Gasteiger charge is 2.21. The number of carbonyl (C=O) groups is 1. The largest absolute Gasteiger partial charge is 0.371 e. The van der Waals surface area contributed by atoms with E-state index >= 15 is 0 Å². The van der Waals surface area contributed by atoms with Gasteiger partial charge in [0.15, 0.2) is 5.78 Å². The van der Waals surface area contributed by atoms with Crippen LogP contribution < -0.4 is 0 Å². The molecule has 0 amide bonds. The minimum Gasteiger partial charge on any atom is -0.371 e. The molecule has 2 heteroatoms. The summed E-state index contributed by atoms with van der Waals surface area (Å²) >= 11 is 0. The lowest BCUT2D eigenvalue weighted by atomic mass is 9.91. The summed E-state index contributed by atoms with van der Waals surface area (Å²) in [5.74, 6) is 0.188. The minimum absolute atomic E-state index is 0.188. The van der Waals surface area contributed by atoms with Crippen molar-refractivity contribution in [1.29, 1.82) is 0 Å². The number of unbranched alkanes of at least 4 members (excludes halogenated alkanes) is 3. The van der Waals surface area contributed by atoms with Gasteiger partial charge in [0.2, 0.25) is 0 Å². The Kier molecular flexibility index (Phi) is 7.65. The van der Waals surface area contributed by atoms with Gasteiger partial charge in [-0.2, -0.15) is 0 Å². The Hall–Kier alpha value is -0.370. The van der Waals surface area contributed by atoms with E-state index in [1.807, 2.05) is 20.8 Å². The van der Waals surface area contributed by atoms with E-state index in [1.165, 1.54) is 25.7 Å². The van der Waals surface area contributed by atoms with Crippen molar-refractivity contribution in [3.8, 4) is 0 Å². The third-order valence-corrected chi connectivity index (χ3v) is 2.80. The summed E-state index contributed by atoms with van der Waals surface area (Å²) in [4.78, 5) is 11.6. The van der Waals surface area contributed by atoms with Crippen LogP contribution in [0.15, 0.2) is 0 Å². The van der Waals surface area contributed by atoms with Crippen LogP contribution in [0.3, 0.4) is 0 Å². The summed E-state index contributed by atoms with van der Waals surface area (Å²) in [5.41, 5.74) is -0.276. The molecule has 0 fully saturated rings. The SMILES string of the molecule is CCCCCCC(C)OCC(=O)C(C)(C)C.